The van der Waals surface area contributed by atoms with E-state index >= 15 is 0 Å². The summed E-state index contributed by atoms with van der Waals surface area (Å²) in [6, 6.07) is 10.9. The summed E-state index contributed by atoms with van der Waals surface area (Å²) >= 11 is 7.55. The maximum absolute atomic E-state index is 9.75. The first kappa shape index (κ1) is 13.9. The van der Waals surface area contributed by atoms with Gasteiger partial charge in [0.05, 0.1) is 17.3 Å². The Balaban J connectivity index is 1.88. The molecule has 106 valence electrons. The molecule has 3 rings (SSSR count). The zero-order chi connectivity index (χ0) is 14.8. The third kappa shape index (κ3) is 3.01. The van der Waals surface area contributed by atoms with E-state index in [0.717, 1.165) is 20.8 Å². The second-order valence-corrected chi connectivity index (χ2v) is 5.93. The molecule has 0 aliphatic carbocycles. The van der Waals surface area contributed by atoms with Crippen molar-refractivity contribution in [2.45, 2.75) is 0 Å². The lowest BCUT2D eigenvalue weighted by atomic mass is 10.2. The van der Waals surface area contributed by atoms with Crippen molar-refractivity contribution in [1.29, 1.82) is 0 Å². The SMILES string of the molecule is COc1ccc(C=Cc2nc3cc(Cl)ccc3s2)cc1O. The Kier molecular flexibility index (Phi) is 3.82. The largest absolute Gasteiger partial charge is 0.504 e. The molecule has 0 bridgehead atoms. The lowest BCUT2D eigenvalue weighted by Gasteiger charge is -2.02. The Morgan fingerprint density at radius 3 is 2.81 bits per heavy atom. The molecular weight excluding hydrogens is 306 g/mol. The van der Waals surface area contributed by atoms with Crippen LogP contribution in [0, 0.1) is 0 Å². The van der Waals surface area contributed by atoms with Gasteiger partial charge in [-0.1, -0.05) is 23.7 Å². The van der Waals surface area contributed by atoms with Gasteiger partial charge >= 0.3 is 0 Å². The van der Waals surface area contributed by atoms with Gasteiger partial charge in [0.15, 0.2) is 11.5 Å². The van der Waals surface area contributed by atoms with E-state index in [2.05, 4.69) is 4.98 Å². The number of nitrogens with zero attached hydrogens (tertiary/aromatic N) is 1. The number of hydrogen-bond donors (Lipinski definition) is 1. The zero-order valence-electron chi connectivity index (χ0n) is 11.2. The Hall–Kier alpha value is -2.04. The van der Waals surface area contributed by atoms with Crippen LogP contribution < -0.4 is 4.74 Å². The predicted molar refractivity (Wildman–Crippen MR) is 88.2 cm³/mol. The standard InChI is InChI=1S/C16H12ClNO2S/c1-20-14-5-2-10(8-13(14)19)3-7-16-18-12-9-11(17)4-6-15(12)21-16/h2-9,19H,1H3. The van der Waals surface area contributed by atoms with E-state index in [1.54, 1.807) is 23.5 Å². The first-order valence-electron chi connectivity index (χ1n) is 6.27. The number of halogens is 1. The van der Waals surface area contributed by atoms with E-state index in [0.29, 0.717) is 10.8 Å². The van der Waals surface area contributed by atoms with Gasteiger partial charge in [-0.2, -0.15) is 0 Å². The van der Waals surface area contributed by atoms with E-state index in [-0.39, 0.29) is 5.75 Å². The summed E-state index contributed by atoms with van der Waals surface area (Å²) in [5.74, 6) is 0.581. The number of aromatic nitrogens is 1. The van der Waals surface area contributed by atoms with Crippen LogP contribution >= 0.6 is 22.9 Å². The van der Waals surface area contributed by atoms with Gasteiger partial charge in [-0.3, -0.25) is 0 Å². The highest BCUT2D eigenvalue weighted by molar-refractivity contribution is 7.19. The van der Waals surface area contributed by atoms with Crippen molar-refractivity contribution < 1.29 is 9.84 Å². The predicted octanol–water partition coefficient (Wildman–Crippen LogP) is 4.83. The topological polar surface area (TPSA) is 42.4 Å². The monoisotopic (exact) mass is 317 g/mol. The number of aromatic hydroxyl groups is 1. The van der Waals surface area contributed by atoms with Crippen molar-refractivity contribution in [3.05, 3.63) is 52.0 Å². The van der Waals surface area contributed by atoms with Gasteiger partial charge in [-0.05, 0) is 42.0 Å². The molecule has 1 heterocycles. The van der Waals surface area contributed by atoms with Gasteiger partial charge in [0, 0.05) is 5.02 Å². The summed E-state index contributed by atoms with van der Waals surface area (Å²) in [5, 5.41) is 11.3. The summed E-state index contributed by atoms with van der Waals surface area (Å²) in [7, 11) is 1.52. The maximum Gasteiger partial charge on any atom is 0.160 e. The number of phenolic OH excluding ortho intramolecular Hbond substituents is 1. The van der Waals surface area contributed by atoms with Crippen LogP contribution in [0.3, 0.4) is 0 Å². The molecule has 1 N–H and O–H groups in total. The number of phenols is 1. The van der Waals surface area contributed by atoms with Crippen LogP contribution in [0.1, 0.15) is 10.6 Å². The molecule has 21 heavy (non-hydrogen) atoms. The van der Waals surface area contributed by atoms with Crippen LogP contribution in [0.2, 0.25) is 5.02 Å². The fourth-order valence-electron chi connectivity index (χ4n) is 1.97. The summed E-state index contributed by atoms with van der Waals surface area (Å²) in [4.78, 5) is 4.50. The van der Waals surface area contributed by atoms with Crippen molar-refractivity contribution in [2.75, 3.05) is 7.11 Å². The van der Waals surface area contributed by atoms with Crippen LogP contribution in [-0.2, 0) is 0 Å². The van der Waals surface area contributed by atoms with Crippen LogP contribution in [0.5, 0.6) is 11.5 Å². The molecule has 0 unspecified atom stereocenters. The summed E-state index contributed by atoms with van der Waals surface area (Å²) in [6.45, 7) is 0. The van der Waals surface area contributed by atoms with Gasteiger partial charge < -0.3 is 9.84 Å². The fraction of sp³-hybridized carbons (Fsp3) is 0.0625. The van der Waals surface area contributed by atoms with Gasteiger partial charge in [0.25, 0.3) is 0 Å². The second kappa shape index (κ2) is 5.76. The number of fused-ring (bicyclic) bond motifs is 1. The minimum Gasteiger partial charge on any atom is -0.504 e. The molecule has 0 atom stereocenters. The molecule has 0 saturated carbocycles. The summed E-state index contributed by atoms with van der Waals surface area (Å²) in [6.07, 6.45) is 3.82. The van der Waals surface area contributed by atoms with Gasteiger partial charge in [-0.25, -0.2) is 4.98 Å². The van der Waals surface area contributed by atoms with Crippen LogP contribution in [-0.4, -0.2) is 17.2 Å². The summed E-state index contributed by atoms with van der Waals surface area (Å²) < 4.78 is 6.11. The van der Waals surface area contributed by atoms with E-state index in [4.69, 9.17) is 16.3 Å². The number of thiazole rings is 1. The minimum atomic E-state index is 0.121. The first-order valence-corrected chi connectivity index (χ1v) is 7.46. The van der Waals surface area contributed by atoms with Crippen molar-refractivity contribution in [2.24, 2.45) is 0 Å². The highest BCUT2D eigenvalue weighted by atomic mass is 35.5. The number of methoxy groups -OCH3 is 1. The Bertz CT molecular complexity index is 826. The third-order valence-electron chi connectivity index (χ3n) is 2.99. The van der Waals surface area contributed by atoms with Crippen molar-refractivity contribution in [3.63, 3.8) is 0 Å². The second-order valence-electron chi connectivity index (χ2n) is 4.43. The molecule has 0 aliphatic rings. The molecule has 3 aromatic rings. The number of ether oxygens (including phenoxy) is 1. The quantitative estimate of drug-likeness (QED) is 0.752. The van der Waals surface area contributed by atoms with E-state index < -0.39 is 0 Å². The molecule has 0 fully saturated rings. The average Bonchev–Trinajstić information content (AvgIpc) is 2.87. The smallest absolute Gasteiger partial charge is 0.160 e. The molecule has 5 heteroatoms. The molecular formula is C16H12ClNO2S. The van der Waals surface area contributed by atoms with Crippen LogP contribution in [0.25, 0.3) is 22.4 Å². The zero-order valence-corrected chi connectivity index (χ0v) is 12.8. The number of hydrogen-bond acceptors (Lipinski definition) is 4. The highest BCUT2D eigenvalue weighted by Gasteiger charge is 2.03. The normalized spacial score (nSPS) is 11.3. The Morgan fingerprint density at radius 2 is 2.05 bits per heavy atom. The lowest BCUT2D eigenvalue weighted by Crippen LogP contribution is -1.83. The Morgan fingerprint density at radius 1 is 1.19 bits per heavy atom. The molecule has 0 radical (unpaired) electrons. The van der Waals surface area contributed by atoms with Gasteiger partial charge in [-0.15, -0.1) is 11.3 Å². The minimum absolute atomic E-state index is 0.121. The molecule has 0 spiro atoms. The van der Waals surface area contributed by atoms with Gasteiger partial charge in [0.2, 0.25) is 0 Å². The average molecular weight is 318 g/mol. The molecule has 0 aliphatic heterocycles. The van der Waals surface area contributed by atoms with E-state index in [1.165, 1.54) is 7.11 Å². The van der Waals surface area contributed by atoms with Gasteiger partial charge in [0.1, 0.15) is 5.01 Å². The molecule has 3 nitrogen and oxygen atoms in total. The van der Waals surface area contributed by atoms with Crippen molar-refractivity contribution in [3.8, 4) is 11.5 Å². The number of rotatable bonds is 3. The third-order valence-corrected chi connectivity index (χ3v) is 4.22. The van der Waals surface area contributed by atoms with Crippen LogP contribution in [0.4, 0.5) is 0 Å². The summed E-state index contributed by atoms with van der Waals surface area (Å²) in [5.41, 5.74) is 1.77. The molecule has 2 aromatic carbocycles. The first-order chi connectivity index (χ1) is 10.2. The maximum atomic E-state index is 9.75. The van der Waals surface area contributed by atoms with Crippen LogP contribution in [0.15, 0.2) is 36.4 Å². The lowest BCUT2D eigenvalue weighted by molar-refractivity contribution is 0.373. The number of benzene rings is 2. The molecule has 1 aromatic heterocycles. The van der Waals surface area contributed by atoms with E-state index in [1.807, 2.05) is 36.4 Å². The fourth-order valence-corrected chi connectivity index (χ4v) is 2.98. The molecule has 0 amide bonds. The van der Waals surface area contributed by atoms with Crippen molar-refractivity contribution in [1.82, 2.24) is 4.98 Å². The van der Waals surface area contributed by atoms with Crippen molar-refractivity contribution >= 4 is 45.3 Å². The molecule has 0 saturated heterocycles. The highest BCUT2D eigenvalue weighted by Crippen LogP contribution is 2.28. The van der Waals surface area contributed by atoms with E-state index in [9.17, 15) is 5.11 Å². The Labute approximate surface area is 131 Å².